The van der Waals surface area contributed by atoms with E-state index in [4.69, 9.17) is 16.3 Å². The molecule has 1 unspecified atom stereocenters. The molecule has 0 spiro atoms. The lowest BCUT2D eigenvalue weighted by Gasteiger charge is -2.16. The Balaban J connectivity index is 1.99. The molecular weight excluding hydrogens is 277 g/mol. The summed E-state index contributed by atoms with van der Waals surface area (Å²) in [5.41, 5.74) is 1.92. The van der Waals surface area contributed by atoms with Gasteiger partial charge in [0.05, 0.1) is 7.11 Å². The van der Waals surface area contributed by atoms with Crippen LogP contribution >= 0.6 is 11.6 Å². The van der Waals surface area contributed by atoms with Gasteiger partial charge in [-0.25, -0.2) is 4.39 Å². The van der Waals surface area contributed by atoms with E-state index in [0.29, 0.717) is 0 Å². The van der Waals surface area contributed by atoms with Gasteiger partial charge >= 0.3 is 0 Å². The molecule has 1 N–H and O–H groups in total. The van der Waals surface area contributed by atoms with Gasteiger partial charge in [-0.1, -0.05) is 23.7 Å². The van der Waals surface area contributed by atoms with Gasteiger partial charge in [-0.05, 0) is 43.2 Å². The van der Waals surface area contributed by atoms with Crippen LogP contribution in [0.3, 0.4) is 0 Å². The Kier molecular flexibility index (Phi) is 4.85. The normalized spacial score (nSPS) is 12.0. The predicted molar refractivity (Wildman–Crippen MR) is 81.2 cm³/mol. The van der Waals surface area contributed by atoms with E-state index in [9.17, 15) is 4.39 Å². The van der Waals surface area contributed by atoms with E-state index in [2.05, 4.69) is 12.2 Å². The molecule has 1 atom stereocenters. The van der Waals surface area contributed by atoms with Crippen molar-refractivity contribution in [2.75, 3.05) is 12.4 Å². The first-order valence-electron chi connectivity index (χ1n) is 6.43. The lowest BCUT2D eigenvalue weighted by atomic mass is 10.1. The van der Waals surface area contributed by atoms with Crippen LogP contribution in [0.4, 0.5) is 10.1 Å². The summed E-state index contributed by atoms with van der Waals surface area (Å²) in [5, 5.41) is 4.00. The van der Waals surface area contributed by atoms with Crippen LogP contribution in [0.1, 0.15) is 12.5 Å². The zero-order valence-electron chi connectivity index (χ0n) is 11.5. The van der Waals surface area contributed by atoms with E-state index in [1.165, 1.54) is 18.7 Å². The van der Waals surface area contributed by atoms with Gasteiger partial charge in [0.25, 0.3) is 0 Å². The summed E-state index contributed by atoms with van der Waals surface area (Å²) in [6.45, 7) is 2.05. The summed E-state index contributed by atoms with van der Waals surface area (Å²) in [4.78, 5) is 0. The SMILES string of the molecule is COc1ccc(NC(C)Cc2ccc(Cl)cc2)cc1F. The van der Waals surface area contributed by atoms with Crippen LogP contribution in [-0.2, 0) is 6.42 Å². The molecule has 0 fully saturated rings. The average molecular weight is 294 g/mol. The van der Waals surface area contributed by atoms with Crippen molar-refractivity contribution in [3.8, 4) is 5.75 Å². The maximum absolute atomic E-state index is 13.6. The molecule has 0 saturated heterocycles. The Hall–Kier alpha value is -1.74. The van der Waals surface area contributed by atoms with Crippen molar-refractivity contribution >= 4 is 17.3 Å². The standard InChI is InChI=1S/C16H17ClFNO/c1-11(9-12-3-5-13(17)6-4-12)19-14-7-8-16(20-2)15(18)10-14/h3-8,10-11,19H,9H2,1-2H3. The number of nitrogens with one attached hydrogen (secondary N) is 1. The molecule has 2 nitrogen and oxygen atoms in total. The highest BCUT2D eigenvalue weighted by atomic mass is 35.5. The molecule has 0 aliphatic carbocycles. The molecule has 4 heteroatoms. The summed E-state index contributed by atoms with van der Waals surface area (Å²) in [7, 11) is 1.45. The molecule has 2 aromatic carbocycles. The van der Waals surface area contributed by atoms with E-state index < -0.39 is 0 Å². The first-order chi connectivity index (χ1) is 9.58. The van der Waals surface area contributed by atoms with E-state index in [-0.39, 0.29) is 17.6 Å². The van der Waals surface area contributed by atoms with Crippen LogP contribution in [-0.4, -0.2) is 13.2 Å². The predicted octanol–water partition coefficient (Wildman–Crippen LogP) is 4.53. The lowest BCUT2D eigenvalue weighted by molar-refractivity contribution is 0.386. The Bertz CT molecular complexity index is 571. The highest BCUT2D eigenvalue weighted by Gasteiger charge is 2.07. The third kappa shape index (κ3) is 3.87. The summed E-state index contributed by atoms with van der Waals surface area (Å²) in [6.07, 6.45) is 0.838. The van der Waals surface area contributed by atoms with E-state index in [1.54, 1.807) is 12.1 Å². The quantitative estimate of drug-likeness (QED) is 0.874. The minimum Gasteiger partial charge on any atom is -0.494 e. The fraction of sp³-hybridized carbons (Fsp3) is 0.250. The maximum Gasteiger partial charge on any atom is 0.167 e. The summed E-state index contributed by atoms with van der Waals surface area (Å²) < 4.78 is 18.5. The molecule has 0 aliphatic heterocycles. The van der Waals surface area contributed by atoms with Crippen LogP contribution in [0.5, 0.6) is 5.75 Å². The summed E-state index contributed by atoms with van der Waals surface area (Å²) >= 11 is 5.85. The fourth-order valence-corrected chi connectivity index (χ4v) is 2.19. The Labute approximate surface area is 123 Å². The van der Waals surface area contributed by atoms with Crippen molar-refractivity contribution < 1.29 is 9.13 Å². The van der Waals surface area contributed by atoms with Gasteiger partial charge in [0.15, 0.2) is 11.6 Å². The molecule has 2 rings (SSSR count). The molecule has 0 heterocycles. The molecule has 0 aliphatic rings. The number of halogens is 2. The Morgan fingerprint density at radius 1 is 1.20 bits per heavy atom. The highest BCUT2D eigenvalue weighted by molar-refractivity contribution is 6.30. The van der Waals surface area contributed by atoms with Crippen LogP contribution in [0.15, 0.2) is 42.5 Å². The van der Waals surface area contributed by atoms with Crippen LogP contribution in [0.25, 0.3) is 0 Å². The van der Waals surface area contributed by atoms with Crippen LogP contribution < -0.4 is 10.1 Å². The van der Waals surface area contributed by atoms with Crippen LogP contribution in [0.2, 0.25) is 5.02 Å². The molecule has 20 heavy (non-hydrogen) atoms. The van der Waals surface area contributed by atoms with Crippen molar-refractivity contribution in [3.05, 3.63) is 58.9 Å². The third-order valence-corrected chi connectivity index (χ3v) is 3.27. The van der Waals surface area contributed by atoms with E-state index in [1.807, 2.05) is 24.3 Å². The number of anilines is 1. The molecule has 0 radical (unpaired) electrons. The smallest absolute Gasteiger partial charge is 0.167 e. The Morgan fingerprint density at radius 3 is 2.50 bits per heavy atom. The zero-order valence-corrected chi connectivity index (χ0v) is 12.2. The van der Waals surface area contributed by atoms with Gasteiger partial charge in [-0.2, -0.15) is 0 Å². The molecule has 106 valence electrons. The van der Waals surface area contributed by atoms with Crippen LogP contribution in [0, 0.1) is 5.82 Å². The maximum atomic E-state index is 13.6. The number of methoxy groups -OCH3 is 1. The second-order valence-corrected chi connectivity index (χ2v) is 5.16. The van der Waals surface area contributed by atoms with Crippen molar-refractivity contribution in [2.24, 2.45) is 0 Å². The Morgan fingerprint density at radius 2 is 1.90 bits per heavy atom. The van der Waals surface area contributed by atoms with Gasteiger partial charge in [0, 0.05) is 22.8 Å². The van der Waals surface area contributed by atoms with Gasteiger partial charge in [0.1, 0.15) is 0 Å². The first kappa shape index (κ1) is 14.7. The van der Waals surface area contributed by atoms with E-state index in [0.717, 1.165) is 17.1 Å². The van der Waals surface area contributed by atoms with Gasteiger partial charge in [0.2, 0.25) is 0 Å². The number of ether oxygens (including phenoxy) is 1. The second kappa shape index (κ2) is 6.62. The monoisotopic (exact) mass is 293 g/mol. The number of hydrogen-bond acceptors (Lipinski definition) is 2. The molecule has 0 amide bonds. The first-order valence-corrected chi connectivity index (χ1v) is 6.81. The third-order valence-electron chi connectivity index (χ3n) is 3.02. The fourth-order valence-electron chi connectivity index (χ4n) is 2.07. The van der Waals surface area contributed by atoms with Gasteiger partial charge < -0.3 is 10.1 Å². The number of hydrogen-bond donors (Lipinski definition) is 1. The molecular formula is C16H17ClFNO. The summed E-state index contributed by atoms with van der Waals surface area (Å²) in [6, 6.07) is 12.8. The average Bonchev–Trinajstić information content (AvgIpc) is 2.41. The van der Waals surface area contributed by atoms with Gasteiger partial charge in [-0.3, -0.25) is 0 Å². The van der Waals surface area contributed by atoms with E-state index >= 15 is 0 Å². The van der Waals surface area contributed by atoms with Crippen molar-refractivity contribution in [3.63, 3.8) is 0 Å². The lowest BCUT2D eigenvalue weighted by Crippen LogP contribution is -2.18. The number of rotatable bonds is 5. The van der Waals surface area contributed by atoms with Crippen molar-refractivity contribution in [1.82, 2.24) is 0 Å². The van der Waals surface area contributed by atoms with Crippen molar-refractivity contribution in [1.29, 1.82) is 0 Å². The largest absolute Gasteiger partial charge is 0.494 e. The van der Waals surface area contributed by atoms with Crippen molar-refractivity contribution in [2.45, 2.75) is 19.4 Å². The van der Waals surface area contributed by atoms with Gasteiger partial charge in [-0.15, -0.1) is 0 Å². The molecule has 2 aromatic rings. The second-order valence-electron chi connectivity index (χ2n) is 4.73. The highest BCUT2D eigenvalue weighted by Crippen LogP contribution is 2.21. The summed E-state index contributed by atoms with van der Waals surface area (Å²) in [5.74, 6) is -0.114. The zero-order chi connectivity index (χ0) is 14.5. The molecule has 0 bridgehead atoms. The topological polar surface area (TPSA) is 21.3 Å². The number of benzene rings is 2. The molecule has 0 aromatic heterocycles. The minimum atomic E-state index is -0.365. The molecule has 0 saturated carbocycles. The minimum absolute atomic E-state index is 0.184.